The van der Waals surface area contributed by atoms with Crippen LogP contribution in [0.5, 0.6) is 0 Å². The molecule has 0 aliphatic carbocycles. The Labute approximate surface area is 126 Å². The molecule has 0 radical (unpaired) electrons. The van der Waals surface area contributed by atoms with Crippen molar-refractivity contribution in [3.8, 4) is 17.5 Å². The second kappa shape index (κ2) is 5.73. The van der Waals surface area contributed by atoms with E-state index in [1.807, 2.05) is 48.7 Å². The van der Waals surface area contributed by atoms with Gasteiger partial charge in [0.05, 0.1) is 0 Å². The van der Waals surface area contributed by atoms with Crippen molar-refractivity contribution in [2.45, 2.75) is 6.92 Å². The predicted molar refractivity (Wildman–Crippen MR) is 82.3 cm³/mol. The van der Waals surface area contributed by atoms with E-state index < -0.39 is 0 Å². The molecule has 0 amide bonds. The number of hydrogen-bond acceptors (Lipinski definition) is 5. The van der Waals surface area contributed by atoms with E-state index in [0.29, 0.717) is 11.4 Å². The SMILES string of the molecule is Cc1ccc(-c2noc(C(C#N)=Cc3cccs3)n2)cc1. The Balaban J connectivity index is 1.94. The van der Waals surface area contributed by atoms with Gasteiger partial charge in [-0.3, -0.25) is 0 Å². The Kier molecular flexibility index (Phi) is 3.63. The third-order valence-corrected chi connectivity index (χ3v) is 3.74. The van der Waals surface area contributed by atoms with Gasteiger partial charge in [0.15, 0.2) is 0 Å². The van der Waals surface area contributed by atoms with Crippen LogP contribution in [0.25, 0.3) is 23.0 Å². The molecule has 1 aromatic carbocycles. The lowest BCUT2D eigenvalue weighted by atomic mass is 10.1. The summed E-state index contributed by atoms with van der Waals surface area (Å²) in [5.74, 6) is 0.721. The highest BCUT2D eigenvalue weighted by molar-refractivity contribution is 7.10. The van der Waals surface area contributed by atoms with Crippen molar-refractivity contribution < 1.29 is 4.52 Å². The first-order valence-electron chi connectivity index (χ1n) is 6.33. The molecule has 4 nitrogen and oxygen atoms in total. The number of aromatic nitrogens is 2. The molecule has 0 saturated heterocycles. The van der Waals surface area contributed by atoms with Gasteiger partial charge in [0.25, 0.3) is 5.89 Å². The van der Waals surface area contributed by atoms with Crippen LogP contribution in [-0.2, 0) is 0 Å². The average Bonchev–Trinajstić information content (AvgIpc) is 3.17. The Morgan fingerprint density at radius 1 is 1.29 bits per heavy atom. The highest BCUT2D eigenvalue weighted by Crippen LogP contribution is 2.22. The fraction of sp³-hybridized carbons (Fsp3) is 0.0625. The molecule has 0 fully saturated rings. The minimum absolute atomic E-state index is 0.237. The molecular weight excluding hydrogens is 282 g/mol. The number of thiophene rings is 1. The summed E-state index contributed by atoms with van der Waals surface area (Å²) in [5, 5.41) is 15.1. The molecule has 3 rings (SSSR count). The Morgan fingerprint density at radius 2 is 2.10 bits per heavy atom. The number of benzene rings is 1. The number of nitrogens with zero attached hydrogens (tertiary/aromatic N) is 3. The van der Waals surface area contributed by atoms with E-state index in [9.17, 15) is 5.26 Å². The molecule has 0 aliphatic heterocycles. The molecule has 2 aromatic heterocycles. The molecule has 0 unspecified atom stereocenters. The summed E-state index contributed by atoms with van der Waals surface area (Å²) in [7, 11) is 0. The van der Waals surface area contributed by atoms with Crippen molar-refractivity contribution >= 4 is 23.0 Å². The molecule has 2 heterocycles. The molecule has 0 aliphatic rings. The van der Waals surface area contributed by atoms with E-state index in [1.54, 1.807) is 17.4 Å². The molecule has 3 aromatic rings. The number of allylic oxidation sites excluding steroid dienone is 1. The van der Waals surface area contributed by atoms with Crippen LogP contribution in [0, 0.1) is 18.3 Å². The first kappa shape index (κ1) is 13.3. The number of rotatable bonds is 3. The second-order valence-electron chi connectivity index (χ2n) is 4.47. The first-order valence-corrected chi connectivity index (χ1v) is 7.20. The molecule has 0 saturated carbocycles. The summed E-state index contributed by atoms with van der Waals surface area (Å²) in [4.78, 5) is 5.27. The van der Waals surface area contributed by atoms with Gasteiger partial charge in [0, 0.05) is 10.4 Å². The van der Waals surface area contributed by atoms with E-state index in [1.165, 1.54) is 0 Å². The van der Waals surface area contributed by atoms with Crippen LogP contribution in [0.2, 0.25) is 0 Å². The van der Waals surface area contributed by atoms with Gasteiger partial charge in [0.2, 0.25) is 5.82 Å². The van der Waals surface area contributed by atoms with Crippen molar-refractivity contribution in [1.82, 2.24) is 10.1 Å². The quantitative estimate of drug-likeness (QED) is 0.680. The van der Waals surface area contributed by atoms with E-state index >= 15 is 0 Å². The van der Waals surface area contributed by atoms with Gasteiger partial charge in [-0.05, 0) is 24.4 Å². The van der Waals surface area contributed by atoms with Crippen LogP contribution in [0.4, 0.5) is 0 Å². The number of nitriles is 1. The zero-order valence-electron chi connectivity index (χ0n) is 11.3. The molecule has 0 atom stereocenters. The standard InChI is InChI=1S/C16H11N3OS/c1-11-4-6-12(7-5-11)15-18-16(20-19-15)13(10-17)9-14-3-2-8-21-14/h2-9H,1H3. The minimum Gasteiger partial charge on any atom is -0.333 e. The van der Waals surface area contributed by atoms with Crippen LogP contribution in [0.3, 0.4) is 0 Å². The lowest BCUT2D eigenvalue weighted by Gasteiger charge is -1.94. The van der Waals surface area contributed by atoms with Crippen molar-refractivity contribution in [1.29, 1.82) is 5.26 Å². The number of hydrogen-bond donors (Lipinski definition) is 0. The fourth-order valence-corrected chi connectivity index (χ4v) is 2.47. The van der Waals surface area contributed by atoms with Gasteiger partial charge >= 0.3 is 0 Å². The largest absolute Gasteiger partial charge is 0.333 e. The predicted octanol–water partition coefficient (Wildman–Crippen LogP) is 4.17. The zero-order chi connectivity index (χ0) is 14.7. The van der Waals surface area contributed by atoms with E-state index in [4.69, 9.17) is 4.52 Å². The van der Waals surface area contributed by atoms with Crippen molar-refractivity contribution in [2.24, 2.45) is 0 Å². The zero-order valence-corrected chi connectivity index (χ0v) is 12.1. The van der Waals surface area contributed by atoms with Gasteiger partial charge in [-0.2, -0.15) is 10.2 Å². The van der Waals surface area contributed by atoms with Crippen molar-refractivity contribution in [3.05, 3.63) is 58.1 Å². The highest BCUT2D eigenvalue weighted by atomic mass is 32.1. The second-order valence-corrected chi connectivity index (χ2v) is 5.45. The minimum atomic E-state index is 0.237. The molecule has 21 heavy (non-hydrogen) atoms. The smallest absolute Gasteiger partial charge is 0.268 e. The van der Waals surface area contributed by atoms with Gasteiger partial charge in [-0.15, -0.1) is 11.3 Å². The maximum absolute atomic E-state index is 9.25. The molecule has 0 bridgehead atoms. The number of aryl methyl sites for hydroxylation is 1. The lowest BCUT2D eigenvalue weighted by Crippen LogP contribution is -1.83. The Morgan fingerprint density at radius 3 is 2.76 bits per heavy atom. The summed E-state index contributed by atoms with van der Waals surface area (Å²) in [5.41, 5.74) is 2.39. The monoisotopic (exact) mass is 293 g/mol. The highest BCUT2D eigenvalue weighted by Gasteiger charge is 2.13. The average molecular weight is 293 g/mol. The topological polar surface area (TPSA) is 62.7 Å². The Hall–Kier alpha value is -2.71. The van der Waals surface area contributed by atoms with Crippen LogP contribution in [-0.4, -0.2) is 10.1 Å². The van der Waals surface area contributed by atoms with E-state index in [0.717, 1.165) is 16.0 Å². The summed E-state index contributed by atoms with van der Waals surface area (Å²) < 4.78 is 5.20. The van der Waals surface area contributed by atoms with Crippen LogP contribution in [0.1, 0.15) is 16.3 Å². The van der Waals surface area contributed by atoms with E-state index in [-0.39, 0.29) is 5.89 Å². The molecular formula is C16H11N3OS. The maximum atomic E-state index is 9.25. The van der Waals surface area contributed by atoms with Crippen LogP contribution < -0.4 is 0 Å². The lowest BCUT2D eigenvalue weighted by molar-refractivity contribution is 0.409. The third-order valence-electron chi connectivity index (χ3n) is 2.92. The van der Waals surface area contributed by atoms with E-state index in [2.05, 4.69) is 16.2 Å². The molecule has 0 spiro atoms. The van der Waals surface area contributed by atoms with Crippen LogP contribution in [0.15, 0.2) is 46.3 Å². The maximum Gasteiger partial charge on any atom is 0.268 e. The summed E-state index contributed by atoms with van der Waals surface area (Å²) in [6.07, 6.45) is 1.75. The van der Waals surface area contributed by atoms with Gasteiger partial charge in [-0.25, -0.2) is 0 Å². The third kappa shape index (κ3) is 2.91. The molecule has 102 valence electrons. The normalized spacial score (nSPS) is 11.3. The first-order chi connectivity index (χ1) is 10.3. The Bertz CT molecular complexity index is 808. The van der Waals surface area contributed by atoms with Crippen LogP contribution >= 0.6 is 11.3 Å². The summed E-state index contributed by atoms with van der Waals surface area (Å²) in [6.45, 7) is 2.02. The molecule has 0 N–H and O–H groups in total. The van der Waals surface area contributed by atoms with Gasteiger partial charge < -0.3 is 4.52 Å². The summed E-state index contributed by atoms with van der Waals surface area (Å²) >= 11 is 1.55. The van der Waals surface area contributed by atoms with Crippen molar-refractivity contribution in [3.63, 3.8) is 0 Å². The van der Waals surface area contributed by atoms with Gasteiger partial charge in [-0.1, -0.05) is 41.1 Å². The molecule has 5 heteroatoms. The fourth-order valence-electron chi connectivity index (χ4n) is 1.81. The summed E-state index contributed by atoms with van der Waals surface area (Å²) in [6, 6.07) is 13.8. The van der Waals surface area contributed by atoms with Crippen molar-refractivity contribution in [2.75, 3.05) is 0 Å². The van der Waals surface area contributed by atoms with Gasteiger partial charge in [0.1, 0.15) is 11.6 Å².